The molecular weight excluding hydrogens is 468 g/mol. The number of carbonyl (C=O) groups excluding carboxylic acids is 2. The molecule has 35 heavy (non-hydrogen) atoms. The molecule has 1 fully saturated rings. The van der Waals surface area contributed by atoms with Crippen molar-refractivity contribution in [1.82, 2.24) is 10.6 Å². The Kier molecular flexibility index (Phi) is 8.30. The summed E-state index contributed by atoms with van der Waals surface area (Å²) in [6.45, 7) is 0.512. The minimum Gasteiger partial charge on any atom is -0.481 e. The van der Waals surface area contributed by atoms with Crippen LogP contribution in [-0.4, -0.2) is 67.0 Å². The average Bonchev–Trinajstić information content (AvgIpc) is 3.47. The van der Waals surface area contributed by atoms with Crippen molar-refractivity contribution < 1.29 is 29.0 Å². The highest BCUT2D eigenvalue weighted by Crippen LogP contribution is 2.44. The normalized spacial score (nSPS) is 19.5. The minimum absolute atomic E-state index is 0.0617. The van der Waals surface area contributed by atoms with Gasteiger partial charge in [-0.05, 0) is 47.1 Å². The molecule has 0 saturated carbocycles. The lowest BCUT2D eigenvalue weighted by Gasteiger charge is -2.20. The van der Waals surface area contributed by atoms with Gasteiger partial charge in [0, 0.05) is 12.5 Å². The van der Waals surface area contributed by atoms with Crippen molar-refractivity contribution in [2.45, 2.75) is 30.9 Å². The molecule has 1 aliphatic heterocycles. The number of aliphatic carboxylic acids is 1. The molecular formula is C26H30N2O6S. The number of hydrogen-bond donors (Lipinski definition) is 3. The van der Waals surface area contributed by atoms with Crippen LogP contribution in [0, 0.1) is 5.92 Å². The van der Waals surface area contributed by atoms with Crippen LogP contribution in [0.2, 0.25) is 0 Å². The number of ether oxygens (including phenoxy) is 2. The molecule has 2 amide bonds. The Hall–Kier alpha value is -3.04. The Morgan fingerprint density at radius 1 is 1.11 bits per heavy atom. The summed E-state index contributed by atoms with van der Waals surface area (Å²) in [4.78, 5) is 36.5. The van der Waals surface area contributed by atoms with Crippen molar-refractivity contribution in [3.8, 4) is 11.1 Å². The largest absolute Gasteiger partial charge is 0.481 e. The predicted octanol–water partition coefficient (Wildman–Crippen LogP) is 3.25. The SMILES string of the molecule is CSCC[C@@H](NC(=O)OCC1c2ccccc2-c2ccccc21)C(=O)NC[C@@H]1C[C@H](C(=O)O)CO1. The van der Waals surface area contributed by atoms with Gasteiger partial charge in [-0.25, -0.2) is 4.79 Å². The number of nitrogens with one attached hydrogen (secondary N) is 2. The van der Waals surface area contributed by atoms with E-state index < -0.39 is 24.0 Å². The van der Waals surface area contributed by atoms with Crippen molar-refractivity contribution in [3.05, 3.63) is 59.7 Å². The lowest BCUT2D eigenvalue weighted by Crippen LogP contribution is -2.48. The highest BCUT2D eigenvalue weighted by molar-refractivity contribution is 7.98. The number of carboxylic acid groups (broad SMARTS) is 1. The number of rotatable bonds is 10. The van der Waals surface area contributed by atoms with E-state index in [2.05, 4.69) is 34.9 Å². The van der Waals surface area contributed by atoms with Crippen molar-refractivity contribution in [2.24, 2.45) is 5.92 Å². The van der Waals surface area contributed by atoms with E-state index in [0.29, 0.717) is 18.6 Å². The molecule has 9 heteroatoms. The van der Waals surface area contributed by atoms with E-state index in [1.807, 2.05) is 30.5 Å². The van der Waals surface area contributed by atoms with Gasteiger partial charge in [0.05, 0.1) is 18.6 Å². The fourth-order valence-electron chi connectivity index (χ4n) is 4.64. The van der Waals surface area contributed by atoms with Crippen molar-refractivity contribution in [3.63, 3.8) is 0 Å². The highest BCUT2D eigenvalue weighted by atomic mass is 32.2. The van der Waals surface area contributed by atoms with Crippen LogP contribution in [0.1, 0.15) is 29.9 Å². The molecule has 1 aliphatic carbocycles. The van der Waals surface area contributed by atoms with Gasteiger partial charge in [0.2, 0.25) is 5.91 Å². The van der Waals surface area contributed by atoms with Gasteiger partial charge in [-0.3, -0.25) is 9.59 Å². The standard InChI is InChI=1S/C26H30N2O6S/c1-35-11-10-23(24(29)27-13-17-12-16(14-33-17)25(30)31)28-26(32)34-15-22-20-8-4-2-6-18(20)19-7-3-5-9-21(19)22/h2-9,16-17,22-23H,10-15H2,1H3,(H,27,29)(H,28,32)(H,30,31)/t16-,17-,23+/m0/s1. The van der Waals surface area contributed by atoms with Gasteiger partial charge >= 0.3 is 12.1 Å². The zero-order chi connectivity index (χ0) is 24.8. The molecule has 2 aliphatic rings. The first-order valence-electron chi connectivity index (χ1n) is 11.7. The van der Waals surface area contributed by atoms with E-state index >= 15 is 0 Å². The lowest BCUT2D eigenvalue weighted by atomic mass is 9.98. The first-order chi connectivity index (χ1) is 17.0. The Balaban J connectivity index is 1.32. The second-order valence-corrected chi connectivity index (χ2v) is 9.76. The summed E-state index contributed by atoms with van der Waals surface area (Å²) in [5, 5.41) is 14.6. The van der Waals surface area contributed by atoms with Crippen molar-refractivity contribution >= 4 is 29.7 Å². The van der Waals surface area contributed by atoms with Gasteiger partial charge in [0.1, 0.15) is 12.6 Å². The van der Waals surface area contributed by atoms with Crippen LogP contribution in [0.4, 0.5) is 4.79 Å². The molecule has 0 spiro atoms. The van der Waals surface area contributed by atoms with E-state index in [-0.39, 0.29) is 37.7 Å². The number of thioether (sulfide) groups is 1. The number of amides is 2. The van der Waals surface area contributed by atoms with Gasteiger partial charge in [0.25, 0.3) is 0 Å². The molecule has 0 bridgehead atoms. The van der Waals surface area contributed by atoms with Crippen LogP contribution in [-0.2, 0) is 19.1 Å². The smallest absolute Gasteiger partial charge is 0.407 e. The fourth-order valence-corrected chi connectivity index (χ4v) is 5.12. The second-order valence-electron chi connectivity index (χ2n) is 8.78. The van der Waals surface area contributed by atoms with E-state index in [9.17, 15) is 14.4 Å². The van der Waals surface area contributed by atoms with Crippen LogP contribution in [0.5, 0.6) is 0 Å². The molecule has 0 aromatic heterocycles. The summed E-state index contributed by atoms with van der Waals surface area (Å²) in [6, 6.07) is 15.5. The molecule has 4 rings (SSSR count). The summed E-state index contributed by atoms with van der Waals surface area (Å²) >= 11 is 1.58. The highest BCUT2D eigenvalue weighted by Gasteiger charge is 2.32. The van der Waals surface area contributed by atoms with E-state index in [1.54, 1.807) is 11.8 Å². The Morgan fingerprint density at radius 2 is 1.77 bits per heavy atom. The average molecular weight is 499 g/mol. The summed E-state index contributed by atoms with van der Waals surface area (Å²) < 4.78 is 11.1. The van der Waals surface area contributed by atoms with Crippen LogP contribution in [0.25, 0.3) is 11.1 Å². The molecule has 3 N–H and O–H groups in total. The summed E-state index contributed by atoms with van der Waals surface area (Å²) in [5.41, 5.74) is 4.53. The lowest BCUT2D eigenvalue weighted by molar-refractivity contribution is -0.141. The second kappa shape index (κ2) is 11.6. The van der Waals surface area contributed by atoms with E-state index in [4.69, 9.17) is 14.6 Å². The first-order valence-corrected chi connectivity index (χ1v) is 13.1. The molecule has 1 saturated heterocycles. The van der Waals surface area contributed by atoms with Gasteiger partial charge in [-0.15, -0.1) is 0 Å². The number of hydrogen-bond acceptors (Lipinski definition) is 6. The molecule has 1 heterocycles. The zero-order valence-corrected chi connectivity index (χ0v) is 20.4. The number of alkyl carbamates (subject to hydrolysis) is 1. The first kappa shape index (κ1) is 25.1. The third kappa shape index (κ3) is 5.97. The van der Waals surface area contributed by atoms with Gasteiger partial charge in [-0.2, -0.15) is 11.8 Å². The fraction of sp³-hybridized carbons (Fsp3) is 0.423. The Bertz CT molecular complexity index is 1030. The summed E-state index contributed by atoms with van der Waals surface area (Å²) in [7, 11) is 0. The summed E-state index contributed by atoms with van der Waals surface area (Å²) in [5.74, 6) is -1.16. The topological polar surface area (TPSA) is 114 Å². The molecule has 0 unspecified atom stereocenters. The molecule has 3 atom stereocenters. The molecule has 2 aromatic carbocycles. The Labute approximate surface area is 208 Å². The van der Waals surface area contributed by atoms with Gasteiger partial charge in [0.15, 0.2) is 0 Å². The molecule has 8 nitrogen and oxygen atoms in total. The molecule has 186 valence electrons. The van der Waals surface area contributed by atoms with Crippen molar-refractivity contribution in [2.75, 3.05) is 31.8 Å². The molecule has 0 radical (unpaired) electrons. The zero-order valence-electron chi connectivity index (χ0n) is 19.6. The Morgan fingerprint density at radius 3 is 2.37 bits per heavy atom. The predicted molar refractivity (Wildman–Crippen MR) is 133 cm³/mol. The number of fused-ring (bicyclic) bond motifs is 3. The van der Waals surface area contributed by atoms with Crippen LogP contribution < -0.4 is 10.6 Å². The van der Waals surface area contributed by atoms with Gasteiger partial charge < -0.3 is 25.2 Å². The van der Waals surface area contributed by atoms with Crippen LogP contribution in [0.3, 0.4) is 0 Å². The van der Waals surface area contributed by atoms with E-state index in [0.717, 1.165) is 22.3 Å². The number of carboxylic acids is 1. The maximum Gasteiger partial charge on any atom is 0.407 e. The maximum absolute atomic E-state index is 12.8. The maximum atomic E-state index is 12.8. The third-order valence-electron chi connectivity index (χ3n) is 6.50. The number of benzene rings is 2. The number of carbonyl (C=O) groups is 3. The molecule has 2 aromatic rings. The third-order valence-corrected chi connectivity index (χ3v) is 7.14. The summed E-state index contributed by atoms with van der Waals surface area (Å²) in [6.07, 6.45) is 1.73. The van der Waals surface area contributed by atoms with Gasteiger partial charge in [-0.1, -0.05) is 48.5 Å². The van der Waals surface area contributed by atoms with Crippen LogP contribution >= 0.6 is 11.8 Å². The van der Waals surface area contributed by atoms with Crippen LogP contribution in [0.15, 0.2) is 48.5 Å². The minimum atomic E-state index is -0.895. The monoisotopic (exact) mass is 498 g/mol. The van der Waals surface area contributed by atoms with E-state index in [1.165, 1.54) is 0 Å². The quantitative estimate of drug-likeness (QED) is 0.461. The van der Waals surface area contributed by atoms with Crippen molar-refractivity contribution in [1.29, 1.82) is 0 Å².